The maximum absolute atomic E-state index is 13.9. The van der Waals surface area contributed by atoms with Crippen molar-refractivity contribution >= 4 is 11.6 Å². The molecular weight excluding hydrogens is 367 g/mol. The Kier molecular flexibility index (Phi) is 5.01. The van der Waals surface area contributed by atoms with E-state index in [9.17, 15) is 9.18 Å². The van der Waals surface area contributed by atoms with Gasteiger partial charge in [-0.3, -0.25) is 4.79 Å². The summed E-state index contributed by atoms with van der Waals surface area (Å²) in [6.45, 7) is 8.41. The lowest BCUT2D eigenvalue weighted by Crippen LogP contribution is -2.49. The molecule has 2 saturated heterocycles. The molecule has 2 aliphatic rings. The first-order valence-electron chi connectivity index (χ1n) is 10.4. The summed E-state index contributed by atoms with van der Waals surface area (Å²) in [5.41, 5.74) is 1.20. The first-order chi connectivity index (χ1) is 13.8. The highest BCUT2D eigenvalue weighted by molar-refractivity contribution is 5.95. The SMILES string of the molecule is CCOc1ccc(C(=O)N2CCCC23CN(c2cccc(F)c2)C(C)(C)C3)cc1. The average Bonchev–Trinajstić information content (AvgIpc) is 3.21. The molecule has 0 saturated carbocycles. The van der Waals surface area contributed by atoms with Crippen LogP contribution in [0.15, 0.2) is 48.5 Å². The van der Waals surface area contributed by atoms with E-state index in [1.165, 1.54) is 6.07 Å². The minimum atomic E-state index is -0.229. The van der Waals surface area contributed by atoms with Gasteiger partial charge in [0.15, 0.2) is 0 Å². The van der Waals surface area contributed by atoms with Crippen molar-refractivity contribution in [3.05, 3.63) is 59.9 Å². The summed E-state index contributed by atoms with van der Waals surface area (Å²) in [6, 6.07) is 14.2. The lowest BCUT2D eigenvalue weighted by molar-refractivity contribution is 0.0617. The number of hydrogen-bond donors (Lipinski definition) is 0. The highest BCUT2D eigenvalue weighted by Crippen LogP contribution is 2.47. The fourth-order valence-corrected chi connectivity index (χ4v) is 5.17. The number of rotatable bonds is 4. The van der Waals surface area contributed by atoms with Gasteiger partial charge in [0.1, 0.15) is 11.6 Å². The molecule has 2 fully saturated rings. The Bertz CT molecular complexity index is 896. The summed E-state index contributed by atoms with van der Waals surface area (Å²) in [6.07, 6.45) is 2.85. The van der Waals surface area contributed by atoms with Gasteiger partial charge in [-0.15, -0.1) is 0 Å². The number of halogens is 1. The highest BCUT2D eigenvalue weighted by Gasteiger charge is 2.54. The van der Waals surface area contributed by atoms with Crippen LogP contribution in [0.3, 0.4) is 0 Å². The summed E-state index contributed by atoms with van der Waals surface area (Å²) < 4.78 is 19.4. The third kappa shape index (κ3) is 3.59. The molecule has 0 aliphatic carbocycles. The van der Waals surface area contributed by atoms with Crippen molar-refractivity contribution in [3.63, 3.8) is 0 Å². The number of anilines is 1. The number of amides is 1. The van der Waals surface area contributed by atoms with Gasteiger partial charge >= 0.3 is 0 Å². The number of likely N-dealkylation sites (tertiary alicyclic amines) is 1. The van der Waals surface area contributed by atoms with Crippen LogP contribution in [0, 0.1) is 5.82 Å². The van der Waals surface area contributed by atoms with E-state index in [0.717, 1.165) is 43.8 Å². The molecule has 5 heteroatoms. The van der Waals surface area contributed by atoms with Gasteiger partial charge in [-0.1, -0.05) is 6.07 Å². The lowest BCUT2D eigenvalue weighted by Gasteiger charge is -2.35. The molecule has 1 unspecified atom stereocenters. The van der Waals surface area contributed by atoms with Gasteiger partial charge < -0.3 is 14.5 Å². The van der Waals surface area contributed by atoms with Crippen LogP contribution in [0.2, 0.25) is 0 Å². The molecule has 0 aromatic heterocycles. The molecule has 0 N–H and O–H groups in total. The standard InChI is InChI=1S/C24H29FN2O2/c1-4-29-21-11-9-18(10-12-21)22(28)26-14-6-13-24(26)16-23(2,3)27(17-24)20-8-5-7-19(25)15-20/h5,7-12,15H,4,6,13-14,16-17H2,1-3H3. The molecule has 4 nitrogen and oxygen atoms in total. The monoisotopic (exact) mass is 396 g/mol. The smallest absolute Gasteiger partial charge is 0.254 e. The molecule has 4 rings (SSSR count). The molecule has 0 bridgehead atoms. The normalized spacial score (nSPS) is 23.0. The molecule has 1 amide bonds. The number of carbonyl (C=O) groups excluding carboxylic acids is 1. The number of ether oxygens (including phenoxy) is 1. The Morgan fingerprint density at radius 1 is 1.17 bits per heavy atom. The molecular formula is C24H29FN2O2. The number of benzene rings is 2. The van der Waals surface area contributed by atoms with E-state index in [4.69, 9.17) is 4.74 Å². The summed E-state index contributed by atoms with van der Waals surface area (Å²) in [5, 5.41) is 0. The topological polar surface area (TPSA) is 32.8 Å². The Hall–Kier alpha value is -2.56. The Labute approximate surface area is 172 Å². The van der Waals surface area contributed by atoms with Crippen molar-refractivity contribution in [2.24, 2.45) is 0 Å². The van der Waals surface area contributed by atoms with Crippen LogP contribution >= 0.6 is 0 Å². The van der Waals surface area contributed by atoms with E-state index in [-0.39, 0.29) is 22.8 Å². The van der Waals surface area contributed by atoms with Crippen LogP contribution in [-0.4, -0.2) is 41.6 Å². The molecule has 2 aromatic carbocycles. The van der Waals surface area contributed by atoms with E-state index in [1.807, 2.05) is 37.3 Å². The van der Waals surface area contributed by atoms with Crippen LogP contribution in [0.4, 0.5) is 10.1 Å². The largest absolute Gasteiger partial charge is 0.494 e. The quantitative estimate of drug-likeness (QED) is 0.738. The summed E-state index contributed by atoms with van der Waals surface area (Å²) in [5.74, 6) is 0.620. The van der Waals surface area contributed by atoms with E-state index in [2.05, 4.69) is 23.6 Å². The highest BCUT2D eigenvalue weighted by atomic mass is 19.1. The number of nitrogens with zero attached hydrogens (tertiary/aromatic N) is 2. The molecule has 154 valence electrons. The Balaban J connectivity index is 1.61. The van der Waals surface area contributed by atoms with Gasteiger partial charge in [-0.05, 0) is 82.5 Å². The van der Waals surface area contributed by atoms with Gasteiger partial charge in [0.05, 0.1) is 12.1 Å². The van der Waals surface area contributed by atoms with Gasteiger partial charge in [-0.25, -0.2) is 4.39 Å². The molecule has 1 spiro atoms. The van der Waals surface area contributed by atoms with Crippen molar-refractivity contribution < 1.29 is 13.9 Å². The molecule has 1 atom stereocenters. The average molecular weight is 397 g/mol. The van der Waals surface area contributed by atoms with Crippen LogP contribution < -0.4 is 9.64 Å². The maximum atomic E-state index is 13.9. The molecule has 2 aromatic rings. The van der Waals surface area contributed by atoms with E-state index in [0.29, 0.717) is 12.2 Å². The van der Waals surface area contributed by atoms with Crippen LogP contribution in [0.25, 0.3) is 0 Å². The second-order valence-electron chi connectivity index (χ2n) is 8.80. The van der Waals surface area contributed by atoms with Gasteiger partial charge in [0.25, 0.3) is 5.91 Å². The van der Waals surface area contributed by atoms with Crippen molar-refractivity contribution in [2.45, 2.75) is 51.1 Å². The van der Waals surface area contributed by atoms with Crippen LogP contribution in [-0.2, 0) is 0 Å². The predicted molar refractivity (Wildman–Crippen MR) is 113 cm³/mol. The summed E-state index contributed by atoms with van der Waals surface area (Å²) >= 11 is 0. The predicted octanol–water partition coefficient (Wildman–Crippen LogP) is 4.89. The zero-order valence-electron chi connectivity index (χ0n) is 17.5. The minimum absolute atomic E-state index is 0.0717. The number of carbonyl (C=O) groups is 1. The van der Waals surface area contributed by atoms with Crippen molar-refractivity contribution in [3.8, 4) is 5.75 Å². The van der Waals surface area contributed by atoms with E-state index < -0.39 is 0 Å². The lowest BCUT2D eigenvalue weighted by atomic mass is 9.87. The molecule has 2 heterocycles. The molecule has 0 radical (unpaired) electrons. The van der Waals surface area contributed by atoms with Gasteiger partial charge in [-0.2, -0.15) is 0 Å². The van der Waals surface area contributed by atoms with Crippen molar-refractivity contribution in [1.82, 2.24) is 4.90 Å². The Morgan fingerprint density at radius 2 is 1.93 bits per heavy atom. The molecule has 2 aliphatic heterocycles. The summed E-state index contributed by atoms with van der Waals surface area (Å²) in [7, 11) is 0. The second kappa shape index (κ2) is 7.36. The third-order valence-electron chi connectivity index (χ3n) is 6.32. The fraction of sp³-hybridized carbons (Fsp3) is 0.458. The third-order valence-corrected chi connectivity index (χ3v) is 6.32. The first-order valence-corrected chi connectivity index (χ1v) is 10.4. The van der Waals surface area contributed by atoms with E-state index >= 15 is 0 Å². The first kappa shape index (κ1) is 19.7. The van der Waals surface area contributed by atoms with Crippen LogP contribution in [0.5, 0.6) is 5.75 Å². The maximum Gasteiger partial charge on any atom is 0.254 e. The fourth-order valence-electron chi connectivity index (χ4n) is 5.17. The molecule has 29 heavy (non-hydrogen) atoms. The number of hydrogen-bond acceptors (Lipinski definition) is 3. The van der Waals surface area contributed by atoms with Crippen LogP contribution in [0.1, 0.15) is 50.4 Å². The zero-order chi connectivity index (χ0) is 20.6. The van der Waals surface area contributed by atoms with Gasteiger partial charge in [0, 0.05) is 29.9 Å². The minimum Gasteiger partial charge on any atom is -0.494 e. The van der Waals surface area contributed by atoms with Gasteiger partial charge in [0.2, 0.25) is 0 Å². The second-order valence-corrected chi connectivity index (χ2v) is 8.80. The Morgan fingerprint density at radius 3 is 2.62 bits per heavy atom. The van der Waals surface area contributed by atoms with Crippen molar-refractivity contribution in [1.29, 1.82) is 0 Å². The van der Waals surface area contributed by atoms with Crippen molar-refractivity contribution in [2.75, 3.05) is 24.6 Å². The summed E-state index contributed by atoms with van der Waals surface area (Å²) in [4.78, 5) is 17.7. The van der Waals surface area contributed by atoms with E-state index in [1.54, 1.807) is 12.1 Å². The zero-order valence-corrected chi connectivity index (χ0v) is 17.5.